The molecule has 0 aromatic heterocycles. The lowest BCUT2D eigenvalue weighted by Gasteiger charge is -2.08. The standard InChI is InChI=1S/C16H9NO2/c18-15-12-7-3-2-6-11(12)13-9-10-5-1-4-8-14(10)19-16(13)17-15/h1-9H. The van der Waals surface area contributed by atoms with Crippen LogP contribution in [0.25, 0.3) is 33.2 Å². The SMILES string of the molecule is O=c1nc2oc3ccccc3cc-2c2ccccc12. The molecule has 0 spiro atoms. The summed E-state index contributed by atoms with van der Waals surface area (Å²) in [6, 6.07) is 17.2. The molecule has 0 bridgehead atoms. The highest BCUT2D eigenvalue weighted by molar-refractivity contribution is 5.97. The number of fused-ring (bicyclic) bond motifs is 4. The summed E-state index contributed by atoms with van der Waals surface area (Å²) in [7, 11) is 0. The summed E-state index contributed by atoms with van der Waals surface area (Å²) in [5, 5.41) is 2.51. The smallest absolute Gasteiger partial charge is 0.280 e. The van der Waals surface area contributed by atoms with Crippen LogP contribution in [-0.4, -0.2) is 4.98 Å². The first-order valence-electron chi connectivity index (χ1n) is 6.04. The minimum absolute atomic E-state index is 0.248. The third-order valence-electron chi connectivity index (χ3n) is 3.31. The van der Waals surface area contributed by atoms with Crippen LogP contribution in [-0.2, 0) is 0 Å². The van der Waals surface area contributed by atoms with Crippen LogP contribution < -0.4 is 5.56 Å². The Bertz CT molecular complexity index is 940. The molecule has 2 aromatic carbocycles. The van der Waals surface area contributed by atoms with Crippen molar-refractivity contribution in [2.24, 2.45) is 0 Å². The second kappa shape index (κ2) is 3.65. The van der Waals surface area contributed by atoms with E-state index in [9.17, 15) is 4.79 Å². The van der Waals surface area contributed by atoms with Gasteiger partial charge in [-0.2, -0.15) is 4.98 Å². The van der Waals surface area contributed by atoms with Gasteiger partial charge in [-0.05, 0) is 23.6 Å². The van der Waals surface area contributed by atoms with Crippen molar-refractivity contribution in [1.82, 2.24) is 4.98 Å². The maximum absolute atomic E-state index is 12.0. The molecule has 0 radical (unpaired) electrons. The van der Waals surface area contributed by atoms with E-state index in [0.29, 0.717) is 11.3 Å². The van der Waals surface area contributed by atoms with Gasteiger partial charge in [0.05, 0.1) is 0 Å². The van der Waals surface area contributed by atoms with Crippen LogP contribution in [0.15, 0.2) is 63.8 Å². The molecule has 0 N–H and O–H groups in total. The van der Waals surface area contributed by atoms with Crippen molar-refractivity contribution in [2.45, 2.75) is 0 Å². The molecule has 2 aromatic rings. The summed E-state index contributed by atoms with van der Waals surface area (Å²) in [6.07, 6.45) is 0. The Labute approximate surface area is 108 Å². The van der Waals surface area contributed by atoms with Gasteiger partial charge in [-0.1, -0.05) is 36.4 Å². The molecule has 0 aliphatic carbocycles. The second-order valence-corrected chi connectivity index (χ2v) is 4.47. The number of aromatic nitrogens is 1. The number of rotatable bonds is 0. The van der Waals surface area contributed by atoms with Crippen molar-refractivity contribution in [3.8, 4) is 11.5 Å². The average molecular weight is 247 g/mol. The van der Waals surface area contributed by atoms with Gasteiger partial charge in [0, 0.05) is 16.3 Å². The Hall–Kier alpha value is -2.68. The van der Waals surface area contributed by atoms with E-state index in [1.165, 1.54) is 0 Å². The maximum Gasteiger partial charge on any atom is 0.280 e. The Morgan fingerprint density at radius 3 is 2.53 bits per heavy atom. The molecule has 0 unspecified atom stereocenters. The number of pyridine rings is 1. The van der Waals surface area contributed by atoms with Gasteiger partial charge in [-0.15, -0.1) is 0 Å². The molecule has 2 heterocycles. The third-order valence-corrected chi connectivity index (χ3v) is 3.31. The van der Waals surface area contributed by atoms with Crippen molar-refractivity contribution >= 4 is 21.7 Å². The zero-order chi connectivity index (χ0) is 12.8. The van der Waals surface area contributed by atoms with E-state index in [0.717, 1.165) is 21.9 Å². The Kier molecular flexibility index (Phi) is 1.97. The lowest BCUT2D eigenvalue weighted by Crippen LogP contribution is -2.08. The number of benzene rings is 2. The van der Waals surface area contributed by atoms with Crippen molar-refractivity contribution in [2.75, 3.05) is 0 Å². The summed E-state index contributed by atoms with van der Waals surface area (Å²) in [4.78, 5) is 16.0. The number of hydrogen-bond donors (Lipinski definition) is 0. The monoisotopic (exact) mass is 247 g/mol. The van der Waals surface area contributed by atoms with E-state index < -0.39 is 0 Å². The molecule has 0 saturated heterocycles. The fraction of sp³-hybridized carbons (Fsp3) is 0. The van der Waals surface area contributed by atoms with E-state index in [-0.39, 0.29) is 5.56 Å². The zero-order valence-electron chi connectivity index (χ0n) is 9.96. The van der Waals surface area contributed by atoms with Crippen LogP contribution in [0.2, 0.25) is 0 Å². The summed E-state index contributed by atoms with van der Waals surface area (Å²) in [5.41, 5.74) is 1.35. The lowest BCUT2D eigenvalue weighted by molar-refractivity contribution is 0.599. The lowest BCUT2D eigenvalue weighted by atomic mass is 10.0. The molecule has 0 atom stereocenters. The molecule has 2 aliphatic rings. The van der Waals surface area contributed by atoms with Crippen molar-refractivity contribution < 1.29 is 4.42 Å². The quantitative estimate of drug-likeness (QED) is 0.353. The predicted octanol–water partition coefficient (Wildman–Crippen LogP) is 3.45. The Balaban J connectivity index is 2.30. The topological polar surface area (TPSA) is 43.1 Å². The molecule has 90 valence electrons. The van der Waals surface area contributed by atoms with E-state index in [2.05, 4.69) is 4.98 Å². The average Bonchev–Trinajstić information content (AvgIpc) is 2.46. The summed E-state index contributed by atoms with van der Waals surface area (Å²) < 4.78 is 5.72. The first-order chi connectivity index (χ1) is 9.33. The number of para-hydroxylation sites is 1. The van der Waals surface area contributed by atoms with Crippen LogP contribution in [0.1, 0.15) is 0 Å². The molecular formula is C16H9NO2. The van der Waals surface area contributed by atoms with Gasteiger partial charge in [0.2, 0.25) is 5.89 Å². The second-order valence-electron chi connectivity index (χ2n) is 4.47. The Morgan fingerprint density at radius 1 is 0.895 bits per heavy atom. The predicted molar refractivity (Wildman–Crippen MR) is 74.4 cm³/mol. The van der Waals surface area contributed by atoms with Crippen molar-refractivity contribution in [1.29, 1.82) is 0 Å². The number of hydrogen-bond acceptors (Lipinski definition) is 3. The van der Waals surface area contributed by atoms with E-state index in [1.54, 1.807) is 6.07 Å². The largest absolute Gasteiger partial charge is 0.438 e. The van der Waals surface area contributed by atoms with Crippen LogP contribution in [0.3, 0.4) is 0 Å². The van der Waals surface area contributed by atoms with Gasteiger partial charge in [0.25, 0.3) is 5.56 Å². The van der Waals surface area contributed by atoms with Crippen LogP contribution >= 0.6 is 0 Å². The fourth-order valence-corrected chi connectivity index (χ4v) is 2.40. The van der Waals surface area contributed by atoms with E-state index in [1.807, 2.05) is 48.5 Å². The van der Waals surface area contributed by atoms with Crippen molar-refractivity contribution in [3.63, 3.8) is 0 Å². The summed E-state index contributed by atoms with van der Waals surface area (Å²) in [6.45, 7) is 0. The third kappa shape index (κ3) is 1.45. The van der Waals surface area contributed by atoms with Gasteiger partial charge in [0.1, 0.15) is 5.58 Å². The molecule has 3 nitrogen and oxygen atoms in total. The highest BCUT2D eigenvalue weighted by Crippen LogP contribution is 2.30. The first-order valence-corrected chi connectivity index (χ1v) is 6.04. The normalized spacial score (nSPS) is 11.4. The van der Waals surface area contributed by atoms with Crippen molar-refractivity contribution in [3.05, 3.63) is 65.0 Å². The Morgan fingerprint density at radius 2 is 1.63 bits per heavy atom. The highest BCUT2D eigenvalue weighted by Gasteiger charge is 2.14. The van der Waals surface area contributed by atoms with Gasteiger partial charge < -0.3 is 4.42 Å². The molecular weight excluding hydrogens is 238 g/mol. The van der Waals surface area contributed by atoms with E-state index >= 15 is 0 Å². The van der Waals surface area contributed by atoms with Gasteiger partial charge in [-0.3, -0.25) is 4.79 Å². The summed E-state index contributed by atoms with van der Waals surface area (Å²) in [5.74, 6) is 0.391. The molecule has 2 aliphatic heterocycles. The maximum atomic E-state index is 12.0. The highest BCUT2D eigenvalue weighted by atomic mass is 16.3. The van der Waals surface area contributed by atoms with Gasteiger partial charge in [0.15, 0.2) is 0 Å². The molecule has 0 fully saturated rings. The minimum atomic E-state index is -0.248. The van der Waals surface area contributed by atoms with Crippen LogP contribution in [0.4, 0.5) is 0 Å². The minimum Gasteiger partial charge on any atom is -0.438 e. The van der Waals surface area contributed by atoms with Gasteiger partial charge >= 0.3 is 0 Å². The molecule has 0 amide bonds. The first kappa shape index (κ1) is 10.3. The summed E-state index contributed by atoms with van der Waals surface area (Å²) >= 11 is 0. The van der Waals surface area contributed by atoms with Crippen LogP contribution in [0.5, 0.6) is 0 Å². The van der Waals surface area contributed by atoms with E-state index in [4.69, 9.17) is 4.42 Å². The van der Waals surface area contributed by atoms with Crippen LogP contribution in [0, 0.1) is 0 Å². The molecule has 4 rings (SSSR count). The number of nitrogens with zero attached hydrogens (tertiary/aromatic N) is 1. The van der Waals surface area contributed by atoms with Gasteiger partial charge in [-0.25, -0.2) is 0 Å². The molecule has 3 heteroatoms. The molecule has 19 heavy (non-hydrogen) atoms. The fourth-order valence-electron chi connectivity index (χ4n) is 2.40. The zero-order valence-corrected chi connectivity index (χ0v) is 9.96. The molecule has 0 saturated carbocycles.